The van der Waals surface area contributed by atoms with Crippen LogP contribution in [0.1, 0.15) is 19.8 Å². The SMILES string of the molecule is CN1CCC(C)(CNc2ccnc3c(N)cccc23)CC1. The lowest BCUT2D eigenvalue weighted by atomic mass is 9.80. The van der Waals surface area contributed by atoms with Crippen molar-refractivity contribution in [2.75, 3.05) is 37.7 Å². The number of likely N-dealkylation sites (tertiary alicyclic amines) is 1. The second-order valence-corrected chi connectivity index (χ2v) is 6.57. The fraction of sp³-hybridized carbons (Fsp3) is 0.471. The molecule has 0 unspecified atom stereocenters. The zero-order valence-electron chi connectivity index (χ0n) is 12.9. The third-order valence-electron chi connectivity index (χ3n) is 4.70. The fourth-order valence-electron chi connectivity index (χ4n) is 3.00. The van der Waals surface area contributed by atoms with Crippen LogP contribution >= 0.6 is 0 Å². The molecule has 0 aliphatic carbocycles. The highest BCUT2D eigenvalue weighted by Crippen LogP contribution is 2.32. The molecule has 4 heteroatoms. The monoisotopic (exact) mass is 284 g/mol. The number of fused-ring (bicyclic) bond motifs is 1. The second-order valence-electron chi connectivity index (χ2n) is 6.57. The van der Waals surface area contributed by atoms with Crippen LogP contribution in [0, 0.1) is 5.41 Å². The average Bonchev–Trinajstić information content (AvgIpc) is 2.49. The number of benzene rings is 1. The molecule has 3 N–H and O–H groups in total. The Balaban J connectivity index is 1.78. The van der Waals surface area contributed by atoms with E-state index in [2.05, 4.69) is 35.2 Å². The molecule has 0 amide bonds. The Morgan fingerprint density at radius 3 is 2.81 bits per heavy atom. The molecule has 1 aliphatic rings. The van der Waals surface area contributed by atoms with Gasteiger partial charge in [-0.25, -0.2) is 0 Å². The molecule has 1 fully saturated rings. The van der Waals surface area contributed by atoms with Crippen LogP contribution in [0.4, 0.5) is 11.4 Å². The van der Waals surface area contributed by atoms with Crippen LogP contribution in [-0.2, 0) is 0 Å². The number of anilines is 2. The quantitative estimate of drug-likeness (QED) is 0.851. The first kappa shape index (κ1) is 14.1. The van der Waals surface area contributed by atoms with E-state index >= 15 is 0 Å². The molecule has 1 saturated heterocycles. The van der Waals surface area contributed by atoms with Crippen LogP contribution in [0.3, 0.4) is 0 Å². The van der Waals surface area contributed by atoms with Gasteiger partial charge in [-0.05, 0) is 50.5 Å². The van der Waals surface area contributed by atoms with Crippen LogP contribution in [0.5, 0.6) is 0 Å². The predicted molar refractivity (Wildman–Crippen MR) is 89.5 cm³/mol. The smallest absolute Gasteiger partial charge is 0.0951 e. The topological polar surface area (TPSA) is 54.2 Å². The average molecular weight is 284 g/mol. The first-order valence-electron chi connectivity index (χ1n) is 7.63. The van der Waals surface area contributed by atoms with Crippen molar-refractivity contribution < 1.29 is 0 Å². The van der Waals surface area contributed by atoms with Crippen LogP contribution in [0.25, 0.3) is 10.9 Å². The van der Waals surface area contributed by atoms with E-state index < -0.39 is 0 Å². The molecule has 1 aliphatic heterocycles. The lowest BCUT2D eigenvalue weighted by Crippen LogP contribution is -2.40. The first-order valence-corrected chi connectivity index (χ1v) is 7.63. The maximum Gasteiger partial charge on any atom is 0.0951 e. The highest BCUT2D eigenvalue weighted by molar-refractivity contribution is 5.97. The number of nitrogen functional groups attached to an aromatic ring is 1. The molecule has 0 radical (unpaired) electrons. The summed E-state index contributed by atoms with van der Waals surface area (Å²) < 4.78 is 0. The molecular formula is C17H24N4. The normalized spacial score (nSPS) is 18.8. The highest BCUT2D eigenvalue weighted by atomic mass is 15.1. The van der Waals surface area contributed by atoms with Gasteiger partial charge in [-0.15, -0.1) is 0 Å². The van der Waals surface area contributed by atoms with Gasteiger partial charge in [0, 0.05) is 23.8 Å². The minimum absolute atomic E-state index is 0.364. The maximum atomic E-state index is 6.01. The molecule has 0 spiro atoms. The van der Waals surface area contributed by atoms with Gasteiger partial charge in [0.15, 0.2) is 0 Å². The number of hydrogen-bond acceptors (Lipinski definition) is 4. The molecular weight excluding hydrogens is 260 g/mol. The lowest BCUT2D eigenvalue weighted by Gasteiger charge is -2.38. The lowest BCUT2D eigenvalue weighted by molar-refractivity contribution is 0.150. The molecule has 2 heterocycles. The van der Waals surface area contributed by atoms with Crippen molar-refractivity contribution in [1.29, 1.82) is 0 Å². The van der Waals surface area contributed by atoms with E-state index in [-0.39, 0.29) is 0 Å². The number of pyridine rings is 1. The number of para-hydroxylation sites is 1. The van der Waals surface area contributed by atoms with Crippen molar-refractivity contribution >= 4 is 22.3 Å². The van der Waals surface area contributed by atoms with E-state index in [9.17, 15) is 0 Å². The van der Waals surface area contributed by atoms with E-state index in [0.29, 0.717) is 5.41 Å². The van der Waals surface area contributed by atoms with Crippen molar-refractivity contribution in [3.8, 4) is 0 Å². The van der Waals surface area contributed by atoms with E-state index in [4.69, 9.17) is 5.73 Å². The molecule has 0 bridgehead atoms. The number of nitrogens with zero attached hydrogens (tertiary/aromatic N) is 2. The van der Waals surface area contributed by atoms with Gasteiger partial charge in [-0.1, -0.05) is 19.1 Å². The Kier molecular flexibility index (Phi) is 3.72. The Morgan fingerprint density at radius 2 is 2.05 bits per heavy atom. The third-order valence-corrected chi connectivity index (χ3v) is 4.70. The van der Waals surface area contributed by atoms with Gasteiger partial charge in [0.25, 0.3) is 0 Å². The molecule has 3 rings (SSSR count). The summed E-state index contributed by atoms with van der Waals surface area (Å²) in [5.74, 6) is 0. The van der Waals surface area contributed by atoms with Crippen molar-refractivity contribution in [2.45, 2.75) is 19.8 Å². The van der Waals surface area contributed by atoms with Gasteiger partial charge in [0.05, 0.1) is 11.2 Å². The van der Waals surface area contributed by atoms with Crippen molar-refractivity contribution in [1.82, 2.24) is 9.88 Å². The van der Waals surface area contributed by atoms with Gasteiger partial charge in [0.2, 0.25) is 0 Å². The summed E-state index contributed by atoms with van der Waals surface area (Å²) in [5.41, 5.74) is 9.13. The standard InChI is InChI=1S/C17H24N4/c1-17(7-10-21(2)11-8-17)12-20-15-6-9-19-16-13(15)4-3-5-14(16)18/h3-6,9H,7-8,10-12,18H2,1-2H3,(H,19,20). The van der Waals surface area contributed by atoms with E-state index in [1.807, 2.05) is 24.4 Å². The predicted octanol–water partition coefficient (Wildman–Crippen LogP) is 2.96. The van der Waals surface area contributed by atoms with Gasteiger partial charge in [0.1, 0.15) is 0 Å². The van der Waals surface area contributed by atoms with Gasteiger partial charge < -0.3 is 16.0 Å². The van der Waals surface area contributed by atoms with Crippen LogP contribution < -0.4 is 11.1 Å². The Hall–Kier alpha value is -1.81. The fourth-order valence-corrected chi connectivity index (χ4v) is 3.00. The molecule has 112 valence electrons. The second kappa shape index (κ2) is 5.53. The number of piperidine rings is 1. The number of rotatable bonds is 3. The number of hydrogen-bond donors (Lipinski definition) is 2. The summed E-state index contributed by atoms with van der Waals surface area (Å²) in [6.07, 6.45) is 4.31. The van der Waals surface area contributed by atoms with Crippen molar-refractivity contribution in [2.24, 2.45) is 5.41 Å². The van der Waals surface area contributed by atoms with Gasteiger partial charge in [-0.2, -0.15) is 0 Å². The summed E-state index contributed by atoms with van der Waals surface area (Å²) in [7, 11) is 2.20. The third kappa shape index (κ3) is 2.95. The summed E-state index contributed by atoms with van der Waals surface area (Å²) in [4.78, 5) is 6.80. The molecule has 21 heavy (non-hydrogen) atoms. The zero-order chi connectivity index (χ0) is 14.9. The van der Waals surface area contributed by atoms with Crippen molar-refractivity contribution in [3.63, 3.8) is 0 Å². The van der Waals surface area contributed by atoms with E-state index in [1.54, 1.807) is 0 Å². The molecule has 1 aromatic heterocycles. The van der Waals surface area contributed by atoms with Crippen LogP contribution in [-0.4, -0.2) is 36.6 Å². The summed E-state index contributed by atoms with van der Waals surface area (Å²) in [6.45, 7) is 5.74. The van der Waals surface area contributed by atoms with Crippen molar-refractivity contribution in [3.05, 3.63) is 30.5 Å². The van der Waals surface area contributed by atoms with Gasteiger partial charge >= 0.3 is 0 Å². The molecule has 2 aromatic rings. The minimum atomic E-state index is 0.364. The summed E-state index contributed by atoms with van der Waals surface area (Å²) in [6, 6.07) is 8.01. The van der Waals surface area contributed by atoms with E-state index in [0.717, 1.165) is 28.8 Å². The molecule has 1 aromatic carbocycles. The zero-order valence-corrected chi connectivity index (χ0v) is 12.9. The van der Waals surface area contributed by atoms with Crippen LogP contribution in [0.15, 0.2) is 30.5 Å². The minimum Gasteiger partial charge on any atom is -0.397 e. The summed E-state index contributed by atoms with van der Waals surface area (Å²) >= 11 is 0. The van der Waals surface area contributed by atoms with Crippen LogP contribution in [0.2, 0.25) is 0 Å². The molecule has 4 nitrogen and oxygen atoms in total. The molecule has 0 atom stereocenters. The maximum absolute atomic E-state index is 6.01. The number of aromatic nitrogens is 1. The number of nitrogens with one attached hydrogen (secondary N) is 1. The Morgan fingerprint density at radius 1 is 1.29 bits per heavy atom. The summed E-state index contributed by atoms with van der Waals surface area (Å²) in [5, 5.41) is 4.73. The Bertz CT molecular complexity index is 630. The highest BCUT2D eigenvalue weighted by Gasteiger charge is 2.28. The first-order chi connectivity index (χ1) is 10.1. The largest absolute Gasteiger partial charge is 0.397 e. The number of nitrogens with two attached hydrogens (primary N) is 1. The van der Waals surface area contributed by atoms with Gasteiger partial charge in [-0.3, -0.25) is 4.98 Å². The Labute approximate surface area is 126 Å². The van der Waals surface area contributed by atoms with E-state index in [1.165, 1.54) is 25.9 Å². The molecule has 0 saturated carbocycles.